The summed E-state index contributed by atoms with van der Waals surface area (Å²) in [5, 5.41) is 4.10. The molecule has 0 saturated carbocycles. The van der Waals surface area contributed by atoms with Gasteiger partial charge >= 0.3 is 0 Å². The topological polar surface area (TPSA) is 70.6 Å². The Morgan fingerprint density at radius 1 is 1.40 bits per heavy atom. The Morgan fingerprint density at radius 3 is 2.80 bits per heavy atom. The summed E-state index contributed by atoms with van der Waals surface area (Å²) in [4.78, 5) is 19.8. The number of carbonyl (C=O) groups is 1. The average molecular weight is 299 g/mol. The number of aromatic nitrogens is 2. The SMILES string of the molecule is COCc1nsc(NCCN2CCN(C(C)=O)CC2)n1. The first kappa shape index (κ1) is 15.1. The lowest BCUT2D eigenvalue weighted by molar-refractivity contribution is -0.130. The van der Waals surface area contributed by atoms with Crippen molar-refractivity contribution >= 4 is 22.6 Å². The number of methoxy groups -OCH3 is 1. The van der Waals surface area contributed by atoms with E-state index in [4.69, 9.17) is 4.74 Å². The van der Waals surface area contributed by atoms with Crippen LogP contribution in [0.25, 0.3) is 0 Å². The predicted octanol–water partition coefficient (Wildman–Crippen LogP) is 0.261. The fraction of sp³-hybridized carbons (Fsp3) is 0.750. The Labute approximate surface area is 123 Å². The van der Waals surface area contributed by atoms with E-state index in [0.717, 1.165) is 50.2 Å². The van der Waals surface area contributed by atoms with Gasteiger partial charge in [0.05, 0.1) is 0 Å². The van der Waals surface area contributed by atoms with Gasteiger partial charge in [0.2, 0.25) is 11.0 Å². The van der Waals surface area contributed by atoms with Crippen molar-refractivity contribution in [3.63, 3.8) is 0 Å². The molecule has 1 aliphatic heterocycles. The highest BCUT2D eigenvalue weighted by molar-refractivity contribution is 7.09. The molecule has 1 fully saturated rings. The molecule has 0 radical (unpaired) electrons. The van der Waals surface area contributed by atoms with Gasteiger partial charge in [0.15, 0.2) is 5.82 Å². The lowest BCUT2D eigenvalue weighted by Gasteiger charge is -2.34. The van der Waals surface area contributed by atoms with Crippen LogP contribution in [0.4, 0.5) is 5.13 Å². The third-order valence-corrected chi connectivity index (χ3v) is 3.97. The van der Waals surface area contributed by atoms with Gasteiger partial charge in [-0.05, 0) is 0 Å². The van der Waals surface area contributed by atoms with E-state index in [1.165, 1.54) is 11.5 Å². The maximum Gasteiger partial charge on any atom is 0.219 e. The second-order valence-corrected chi connectivity index (χ2v) is 5.48. The van der Waals surface area contributed by atoms with Gasteiger partial charge in [-0.2, -0.15) is 4.37 Å². The number of amides is 1. The van der Waals surface area contributed by atoms with Crippen LogP contribution in [0, 0.1) is 0 Å². The third-order valence-electron chi connectivity index (χ3n) is 3.26. The second-order valence-electron chi connectivity index (χ2n) is 4.72. The Bertz CT molecular complexity index is 431. The van der Waals surface area contributed by atoms with Crippen LogP contribution in [-0.4, -0.2) is 71.4 Å². The normalized spacial score (nSPS) is 16.4. The minimum Gasteiger partial charge on any atom is -0.377 e. The zero-order chi connectivity index (χ0) is 14.4. The highest BCUT2D eigenvalue weighted by atomic mass is 32.1. The van der Waals surface area contributed by atoms with Gasteiger partial charge < -0.3 is 15.0 Å². The summed E-state index contributed by atoms with van der Waals surface area (Å²) in [6.07, 6.45) is 0. The molecule has 1 N–H and O–H groups in total. The van der Waals surface area contributed by atoms with Crippen LogP contribution in [0.5, 0.6) is 0 Å². The smallest absolute Gasteiger partial charge is 0.219 e. The number of hydrogen-bond acceptors (Lipinski definition) is 7. The van der Waals surface area contributed by atoms with Crippen LogP contribution in [0.3, 0.4) is 0 Å². The van der Waals surface area contributed by atoms with Gasteiger partial charge in [-0.15, -0.1) is 0 Å². The zero-order valence-corrected chi connectivity index (χ0v) is 12.8. The molecule has 1 aliphatic rings. The first-order chi connectivity index (χ1) is 9.69. The van der Waals surface area contributed by atoms with E-state index in [-0.39, 0.29) is 5.91 Å². The fourth-order valence-corrected chi connectivity index (χ4v) is 2.72. The second kappa shape index (κ2) is 7.51. The lowest BCUT2D eigenvalue weighted by Crippen LogP contribution is -2.49. The van der Waals surface area contributed by atoms with Crippen molar-refractivity contribution in [1.82, 2.24) is 19.2 Å². The summed E-state index contributed by atoms with van der Waals surface area (Å²) in [6.45, 7) is 7.39. The standard InChI is InChI=1S/C12H21N5O2S/c1-10(18)17-7-5-16(6-8-17)4-3-13-12-14-11(9-19-2)15-20-12/h3-9H2,1-2H3,(H,13,14,15). The third kappa shape index (κ3) is 4.39. The first-order valence-electron chi connectivity index (χ1n) is 6.72. The minimum atomic E-state index is 0.169. The number of anilines is 1. The van der Waals surface area contributed by atoms with Crippen LogP contribution in [0.1, 0.15) is 12.7 Å². The summed E-state index contributed by atoms with van der Waals surface area (Å²) in [6, 6.07) is 0. The van der Waals surface area contributed by atoms with Gasteiger partial charge in [-0.1, -0.05) is 0 Å². The fourth-order valence-electron chi connectivity index (χ4n) is 2.12. The van der Waals surface area contributed by atoms with Crippen molar-refractivity contribution in [2.75, 3.05) is 51.7 Å². The molecule has 0 atom stereocenters. The van der Waals surface area contributed by atoms with Crippen molar-refractivity contribution in [3.05, 3.63) is 5.82 Å². The summed E-state index contributed by atoms with van der Waals surface area (Å²) in [7, 11) is 1.63. The molecule has 1 aromatic heterocycles. The Hall–Kier alpha value is -1.25. The molecule has 0 spiro atoms. The van der Waals surface area contributed by atoms with Crippen molar-refractivity contribution in [2.24, 2.45) is 0 Å². The van der Waals surface area contributed by atoms with Crippen molar-refractivity contribution in [3.8, 4) is 0 Å². The first-order valence-corrected chi connectivity index (χ1v) is 7.49. The number of nitrogens with one attached hydrogen (secondary N) is 1. The Kier molecular flexibility index (Phi) is 5.69. The van der Waals surface area contributed by atoms with Crippen LogP contribution in [0.2, 0.25) is 0 Å². The molecule has 2 heterocycles. The number of rotatable bonds is 6. The molecule has 2 rings (SSSR count). The minimum absolute atomic E-state index is 0.169. The largest absolute Gasteiger partial charge is 0.377 e. The number of piperazine rings is 1. The molecule has 1 amide bonds. The van der Waals surface area contributed by atoms with Crippen LogP contribution < -0.4 is 5.32 Å². The van der Waals surface area contributed by atoms with Gasteiger partial charge in [0.25, 0.3) is 0 Å². The quantitative estimate of drug-likeness (QED) is 0.812. The van der Waals surface area contributed by atoms with Crippen molar-refractivity contribution in [2.45, 2.75) is 13.5 Å². The molecule has 112 valence electrons. The molecule has 20 heavy (non-hydrogen) atoms. The van der Waals surface area contributed by atoms with E-state index in [1.807, 2.05) is 4.90 Å². The molecule has 1 aromatic rings. The van der Waals surface area contributed by atoms with E-state index in [9.17, 15) is 4.79 Å². The average Bonchev–Trinajstić information content (AvgIpc) is 2.87. The molecule has 7 nitrogen and oxygen atoms in total. The molecule has 0 unspecified atom stereocenters. The van der Waals surface area contributed by atoms with E-state index >= 15 is 0 Å². The highest BCUT2D eigenvalue weighted by Gasteiger charge is 2.17. The number of carbonyl (C=O) groups excluding carboxylic acids is 1. The van der Waals surface area contributed by atoms with Crippen molar-refractivity contribution in [1.29, 1.82) is 0 Å². The molecule has 0 aliphatic carbocycles. The molecule has 8 heteroatoms. The lowest BCUT2D eigenvalue weighted by atomic mass is 10.3. The van der Waals surface area contributed by atoms with Crippen LogP contribution >= 0.6 is 11.5 Å². The highest BCUT2D eigenvalue weighted by Crippen LogP contribution is 2.11. The number of hydrogen-bond donors (Lipinski definition) is 1. The van der Waals surface area contributed by atoms with E-state index in [0.29, 0.717) is 6.61 Å². The predicted molar refractivity (Wildman–Crippen MR) is 77.8 cm³/mol. The summed E-state index contributed by atoms with van der Waals surface area (Å²) in [5.74, 6) is 0.886. The van der Waals surface area contributed by atoms with Crippen LogP contribution in [-0.2, 0) is 16.1 Å². The molecule has 0 bridgehead atoms. The molecular weight excluding hydrogens is 278 g/mol. The molecular formula is C12H21N5O2S. The number of ether oxygens (including phenoxy) is 1. The van der Waals surface area contributed by atoms with Gasteiger partial charge in [0.1, 0.15) is 6.61 Å². The summed E-state index contributed by atoms with van der Waals surface area (Å²) in [5.41, 5.74) is 0. The van der Waals surface area contributed by atoms with Gasteiger partial charge in [-0.25, -0.2) is 4.98 Å². The van der Waals surface area contributed by atoms with Gasteiger partial charge in [0, 0.05) is 64.8 Å². The van der Waals surface area contributed by atoms with Crippen molar-refractivity contribution < 1.29 is 9.53 Å². The summed E-state index contributed by atoms with van der Waals surface area (Å²) < 4.78 is 9.17. The van der Waals surface area contributed by atoms with E-state index in [2.05, 4.69) is 19.6 Å². The molecule has 0 aromatic carbocycles. The monoisotopic (exact) mass is 299 g/mol. The number of nitrogens with zero attached hydrogens (tertiary/aromatic N) is 4. The van der Waals surface area contributed by atoms with E-state index in [1.54, 1.807) is 14.0 Å². The van der Waals surface area contributed by atoms with Crippen LogP contribution in [0.15, 0.2) is 0 Å². The Balaban J connectivity index is 1.65. The van der Waals surface area contributed by atoms with E-state index < -0.39 is 0 Å². The maximum absolute atomic E-state index is 11.2. The summed E-state index contributed by atoms with van der Waals surface area (Å²) >= 11 is 1.36. The molecule has 1 saturated heterocycles. The van der Waals surface area contributed by atoms with Gasteiger partial charge in [-0.3, -0.25) is 9.69 Å². The maximum atomic E-state index is 11.2. The Morgan fingerprint density at radius 2 is 2.15 bits per heavy atom. The zero-order valence-electron chi connectivity index (χ0n) is 12.0.